The van der Waals surface area contributed by atoms with E-state index in [0.29, 0.717) is 39.2 Å². The van der Waals surface area contributed by atoms with Crippen molar-refractivity contribution in [3.05, 3.63) is 88.5 Å². The van der Waals surface area contributed by atoms with E-state index in [1.807, 2.05) is 19.1 Å². The molecule has 0 atom stereocenters. The summed E-state index contributed by atoms with van der Waals surface area (Å²) < 4.78 is 19.1. The number of hydrogen-bond donors (Lipinski definition) is 1. The molecule has 0 saturated carbocycles. The van der Waals surface area contributed by atoms with Gasteiger partial charge in [-0.15, -0.1) is 0 Å². The van der Waals surface area contributed by atoms with E-state index >= 15 is 0 Å². The van der Waals surface area contributed by atoms with Crippen LogP contribution in [0.15, 0.2) is 66.2 Å². The van der Waals surface area contributed by atoms with Crippen LogP contribution >= 0.6 is 11.7 Å². The fourth-order valence-corrected chi connectivity index (χ4v) is 4.24. The fourth-order valence-electron chi connectivity index (χ4n) is 3.72. The van der Waals surface area contributed by atoms with E-state index in [4.69, 9.17) is 9.47 Å². The van der Waals surface area contributed by atoms with Gasteiger partial charge in [-0.3, -0.25) is 4.79 Å². The molecule has 0 unspecified atom stereocenters. The lowest BCUT2D eigenvalue weighted by Crippen LogP contribution is -2.14. The molecule has 172 valence electrons. The monoisotopic (exact) mass is 474 g/mol. The molecule has 0 aliphatic heterocycles. The number of Topliss-reactive ketones (excluding diaryl/α,β-unsaturated/α-hetero) is 1. The maximum absolute atomic E-state index is 13.7. The molecular formula is C26H22N2O5S. The van der Waals surface area contributed by atoms with E-state index in [9.17, 15) is 14.7 Å². The molecule has 0 bridgehead atoms. The first-order valence-electron chi connectivity index (χ1n) is 10.4. The summed E-state index contributed by atoms with van der Waals surface area (Å²) in [5, 5.41) is 10.2. The van der Waals surface area contributed by atoms with Gasteiger partial charge >= 0.3 is 5.97 Å². The van der Waals surface area contributed by atoms with Crippen LogP contribution in [0.25, 0.3) is 16.6 Å². The van der Waals surface area contributed by atoms with Crippen molar-refractivity contribution in [1.29, 1.82) is 0 Å². The van der Waals surface area contributed by atoms with Crippen molar-refractivity contribution >= 4 is 40.1 Å². The Kier molecular flexibility index (Phi) is 6.70. The Hall–Kier alpha value is -4.04. The molecule has 0 aliphatic carbocycles. The number of rotatable bonds is 8. The van der Waals surface area contributed by atoms with Gasteiger partial charge in [-0.1, -0.05) is 42.0 Å². The molecule has 1 heterocycles. The van der Waals surface area contributed by atoms with E-state index in [2.05, 4.69) is 8.75 Å². The highest BCUT2D eigenvalue weighted by Gasteiger charge is 2.25. The van der Waals surface area contributed by atoms with Gasteiger partial charge in [0, 0.05) is 17.6 Å². The third kappa shape index (κ3) is 4.67. The third-order valence-electron chi connectivity index (χ3n) is 5.47. The number of carbonyl (C=O) groups excluding carboxylic acids is 1. The van der Waals surface area contributed by atoms with Crippen molar-refractivity contribution in [2.45, 2.75) is 13.3 Å². The van der Waals surface area contributed by atoms with Crippen LogP contribution in [0.3, 0.4) is 0 Å². The quantitative estimate of drug-likeness (QED) is 0.284. The highest BCUT2D eigenvalue weighted by Crippen LogP contribution is 2.32. The topological polar surface area (TPSA) is 98.6 Å². The number of carbonyl (C=O) groups is 2. The molecular weight excluding hydrogens is 452 g/mol. The first-order chi connectivity index (χ1) is 16.4. The van der Waals surface area contributed by atoms with Crippen molar-refractivity contribution in [3.63, 3.8) is 0 Å². The minimum Gasteiger partial charge on any atom is -0.493 e. The molecule has 8 heteroatoms. The molecule has 0 radical (unpaired) electrons. The smallest absolute Gasteiger partial charge is 0.336 e. The Balaban J connectivity index is 1.90. The third-order valence-corrected chi connectivity index (χ3v) is 6.03. The van der Waals surface area contributed by atoms with Gasteiger partial charge in [0.15, 0.2) is 17.3 Å². The number of ketones is 1. The molecule has 1 aromatic heterocycles. The summed E-state index contributed by atoms with van der Waals surface area (Å²) in [4.78, 5) is 26.2. The summed E-state index contributed by atoms with van der Waals surface area (Å²) in [6.45, 7) is 1.93. The summed E-state index contributed by atoms with van der Waals surface area (Å²) in [6.07, 6.45) is 0.0854. The van der Waals surface area contributed by atoms with Crippen molar-refractivity contribution < 1.29 is 24.2 Å². The average Bonchev–Trinajstić information content (AvgIpc) is 3.31. The number of allylic oxidation sites excluding steroid dienone is 1. The van der Waals surface area contributed by atoms with E-state index < -0.39 is 5.97 Å². The summed E-state index contributed by atoms with van der Waals surface area (Å²) >= 11 is 1.05. The Morgan fingerprint density at radius 1 is 0.853 bits per heavy atom. The van der Waals surface area contributed by atoms with Gasteiger partial charge in [0.25, 0.3) is 0 Å². The molecule has 34 heavy (non-hydrogen) atoms. The van der Waals surface area contributed by atoms with Crippen LogP contribution < -0.4 is 9.47 Å². The SMILES string of the molecule is COc1ccc(C/C(C(=O)c2ccc(C)cc2)=C(\C(=O)O)c2ccc3nsnc3c2)cc1OC. The van der Waals surface area contributed by atoms with Gasteiger partial charge in [0.1, 0.15) is 11.0 Å². The van der Waals surface area contributed by atoms with Gasteiger partial charge in [-0.2, -0.15) is 8.75 Å². The van der Waals surface area contributed by atoms with Crippen LogP contribution in [0, 0.1) is 6.92 Å². The molecule has 0 amide bonds. The van der Waals surface area contributed by atoms with Crippen LogP contribution in [-0.2, 0) is 11.2 Å². The van der Waals surface area contributed by atoms with Crippen molar-refractivity contribution in [2.75, 3.05) is 14.2 Å². The van der Waals surface area contributed by atoms with Gasteiger partial charge in [0.2, 0.25) is 0 Å². The van der Waals surface area contributed by atoms with Crippen LogP contribution in [0.4, 0.5) is 0 Å². The molecule has 0 aliphatic rings. The minimum absolute atomic E-state index is 0.0738. The van der Waals surface area contributed by atoms with Gasteiger partial charge in [0.05, 0.1) is 31.5 Å². The Morgan fingerprint density at radius 2 is 1.53 bits per heavy atom. The van der Waals surface area contributed by atoms with E-state index in [-0.39, 0.29) is 23.4 Å². The molecule has 7 nitrogen and oxygen atoms in total. The van der Waals surface area contributed by atoms with Crippen LogP contribution in [0.2, 0.25) is 0 Å². The first kappa shape index (κ1) is 23.1. The number of aromatic nitrogens is 2. The average molecular weight is 475 g/mol. The number of carboxylic acid groups (broad SMARTS) is 1. The summed E-state index contributed by atoms with van der Waals surface area (Å²) in [5.74, 6) is -0.516. The number of benzene rings is 3. The lowest BCUT2D eigenvalue weighted by Gasteiger charge is -2.15. The van der Waals surface area contributed by atoms with Gasteiger partial charge in [-0.05, 0) is 42.3 Å². The number of methoxy groups -OCH3 is 2. The Bertz CT molecular complexity index is 1410. The second-order valence-electron chi connectivity index (χ2n) is 7.69. The second kappa shape index (κ2) is 9.84. The fraction of sp³-hybridized carbons (Fsp3) is 0.154. The molecule has 0 fully saturated rings. The highest BCUT2D eigenvalue weighted by atomic mass is 32.1. The minimum atomic E-state index is -1.20. The zero-order valence-electron chi connectivity index (χ0n) is 18.9. The van der Waals surface area contributed by atoms with Gasteiger partial charge < -0.3 is 14.6 Å². The number of hydrogen-bond acceptors (Lipinski definition) is 7. The maximum Gasteiger partial charge on any atom is 0.336 e. The van der Waals surface area contributed by atoms with Gasteiger partial charge in [-0.25, -0.2) is 4.79 Å². The summed E-state index contributed by atoms with van der Waals surface area (Å²) in [6, 6.07) is 17.4. The molecule has 4 aromatic rings. The number of aryl methyl sites for hydroxylation is 1. The molecule has 4 rings (SSSR count). The molecule has 1 N–H and O–H groups in total. The zero-order chi connectivity index (χ0) is 24.2. The Morgan fingerprint density at radius 3 is 2.21 bits per heavy atom. The zero-order valence-corrected chi connectivity index (χ0v) is 19.7. The highest BCUT2D eigenvalue weighted by molar-refractivity contribution is 7.00. The van der Waals surface area contributed by atoms with E-state index in [0.717, 1.165) is 17.3 Å². The van der Waals surface area contributed by atoms with Crippen molar-refractivity contribution in [3.8, 4) is 11.5 Å². The van der Waals surface area contributed by atoms with Crippen LogP contribution in [0.5, 0.6) is 11.5 Å². The summed E-state index contributed by atoms with van der Waals surface area (Å²) in [7, 11) is 3.06. The predicted molar refractivity (Wildman–Crippen MR) is 131 cm³/mol. The predicted octanol–water partition coefficient (Wildman–Crippen LogP) is 4.98. The normalized spacial score (nSPS) is 11.7. The number of fused-ring (bicyclic) bond motifs is 1. The van der Waals surface area contributed by atoms with Crippen LogP contribution in [-0.4, -0.2) is 39.8 Å². The number of aliphatic carboxylic acids is 1. The number of nitrogens with zero attached hydrogens (tertiary/aromatic N) is 2. The molecule has 3 aromatic carbocycles. The summed E-state index contributed by atoms with van der Waals surface area (Å²) in [5.41, 5.74) is 3.85. The molecule has 0 saturated heterocycles. The lowest BCUT2D eigenvalue weighted by atomic mass is 9.89. The number of ether oxygens (including phenoxy) is 2. The second-order valence-corrected chi connectivity index (χ2v) is 8.22. The lowest BCUT2D eigenvalue weighted by molar-refractivity contribution is -0.130. The standard InChI is InChI=1S/C26H22N2O5S/c1-15-4-7-17(8-5-15)25(29)19(12-16-6-11-22(32-2)23(13-16)33-3)24(26(30)31)18-9-10-20-21(14-18)28-34-27-20/h4-11,13-14H,12H2,1-3H3,(H,30,31)/b24-19+. The van der Waals surface area contributed by atoms with E-state index in [1.54, 1.807) is 48.5 Å². The van der Waals surface area contributed by atoms with E-state index in [1.165, 1.54) is 14.2 Å². The van der Waals surface area contributed by atoms with Crippen molar-refractivity contribution in [2.24, 2.45) is 0 Å². The maximum atomic E-state index is 13.7. The molecule has 0 spiro atoms. The first-order valence-corrected chi connectivity index (χ1v) is 11.2. The Labute approximate surface area is 200 Å². The number of carboxylic acids is 1. The van der Waals surface area contributed by atoms with Crippen molar-refractivity contribution in [1.82, 2.24) is 8.75 Å². The van der Waals surface area contributed by atoms with Crippen LogP contribution in [0.1, 0.15) is 27.0 Å². The largest absolute Gasteiger partial charge is 0.493 e.